The predicted octanol–water partition coefficient (Wildman–Crippen LogP) is 25.9. The largest absolute Gasteiger partial charge is 0.494 e. The number of aromatic amines is 5. The fourth-order valence-electron chi connectivity index (χ4n) is 15.9. The van der Waals surface area contributed by atoms with Gasteiger partial charge in [-0.15, -0.1) is 0 Å². The SMILES string of the molecule is CCCCN(C)Cc1[nH]nc2ccc(OC(C)C)cc12.CCCCN(C)Cc1[nH]nc2ccc(OCC)cc12.CCCCN(C)Cc1[nH]nc2ccc(OCCC)cc12.CCCCN(C)Cc1[nH]nc2ccc(Oc3ccc(OC(C)C)cc3)cc12.CCCCN(C)Cc1[nH]nc2ccc(Oc3ccccc3C)cc12.CCCCN(C)Cc1nn(C(C)C)c2ccc(OCc3ccc(C#N)cc3)cc12. The molecule has 0 radical (unpaired) electrons. The van der Waals surface area contributed by atoms with Crippen LogP contribution in [0.4, 0.5) is 0 Å². The van der Waals surface area contributed by atoms with Gasteiger partial charge in [0, 0.05) is 77.6 Å². The monoisotopic (exact) mass is 1890 g/mol. The number of aromatic nitrogens is 12. The molecule has 15 rings (SSSR count). The van der Waals surface area contributed by atoms with Crippen LogP contribution >= 0.6 is 0 Å². The molecule has 0 aliphatic carbocycles. The Morgan fingerprint density at radius 1 is 0.345 bits per heavy atom. The van der Waals surface area contributed by atoms with Gasteiger partial charge in [-0.1, -0.05) is 117 Å². The Bertz CT molecular complexity index is 6140. The summed E-state index contributed by atoms with van der Waals surface area (Å²) in [7, 11) is 12.9. The average Bonchev–Trinajstić information content (AvgIpc) is 1.63. The van der Waals surface area contributed by atoms with Crippen molar-refractivity contribution in [2.45, 2.75) is 251 Å². The Morgan fingerprint density at radius 3 is 1.07 bits per heavy atom. The van der Waals surface area contributed by atoms with Gasteiger partial charge in [-0.2, -0.15) is 35.9 Å². The number of H-pyrrole nitrogens is 5. The molecule has 0 aliphatic rings. The smallest absolute Gasteiger partial charge is 0.130 e. The maximum absolute atomic E-state index is 8.92. The van der Waals surface area contributed by atoms with Crippen LogP contribution in [0.1, 0.15) is 237 Å². The predicted molar refractivity (Wildman–Crippen MR) is 570 cm³/mol. The van der Waals surface area contributed by atoms with Gasteiger partial charge in [-0.3, -0.25) is 30.2 Å². The lowest BCUT2D eigenvalue weighted by Crippen LogP contribution is -2.19. The van der Waals surface area contributed by atoms with Crippen molar-refractivity contribution >= 4 is 65.4 Å². The second kappa shape index (κ2) is 57.3. The lowest BCUT2D eigenvalue weighted by Gasteiger charge is -2.15. The molecular formula is C113H157N19O7. The van der Waals surface area contributed by atoms with Gasteiger partial charge in [0.05, 0.1) is 104 Å². The zero-order valence-corrected chi connectivity index (χ0v) is 87.0. The van der Waals surface area contributed by atoms with Crippen LogP contribution in [0.25, 0.3) is 65.4 Å². The minimum absolute atomic E-state index is 0.161. The van der Waals surface area contributed by atoms with Gasteiger partial charge >= 0.3 is 0 Å². The van der Waals surface area contributed by atoms with Crippen molar-refractivity contribution in [3.63, 3.8) is 0 Å². The third kappa shape index (κ3) is 34.6. The first kappa shape index (κ1) is 109. The molecule has 6 heterocycles. The molecule has 26 heteroatoms. The zero-order valence-electron chi connectivity index (χ0n) is 87.0. The molecule has 0 amide bonds. The number of benzene rings is 9. The molecule has 0 atom stereocenters. The van der Waals surface area contributed by atoms with E-state index >= 15 is 0 Å². The molecule has 0 saturated heterocycles. The van der Waals surface area contributed by atoms with E-state index < -0.39 is 0 Å². The van der Waals surface area contributed by atoms with E-state index in [0.29, 0.717) is 24.8 Å². The third-order valence-corrected chi connectivity index (χ3v) is 23.6. The summed E-state index contributed by atoms with van der Waals surface area (Å²) in [6, 6.07) is 62.2. The minimum atomic E-state index is 0.161. The standard InChI is InChI=1S/C24H30N4O.C22H29N3O2.C20H25N3O.2C16H25N3O.C15H23N3O/c1-5-6-13-27(4)16-23-22-14-21(11-12-24(22)28(26-23)18(2)3)29-17-20-9-7-19(15-25)8-10-20;1-5-6-13-25(4)15-22-20-14-19(11-12-21(20)23-24-22)27-18-9-7-17(8-10-18)26-16(2)3;1-4-5-12-23(3)14-19-17-13-16(10-11-18(17)21-22-19)24-20-9-7-6-8-15(20)2;1-5-6-9-19(4)11-16-14-10-13(20-12(2)3)7-8-15(14)17-18-16;1-4-6-9-19(3)12-16-14-11-13(20-10-5-2)7-8-15(14)17-18-16;1-4-6-9-18(3)11-15-13-10-12(19-5-2)7-8-14(13)16-17-15/h7-12,14,18H,5-6,13,16-17H2,1-4H3;7-12,14,16H,5-6,13,15H2,1-4H3,(H,23,24);6-11,13H,4-5,12,14H2,1-3H3,(H,21,22);7-8,10,12H,5-6,9,11H2,1-4H3,(H,17,18);7-8,11H,4-6,9-10,12H2,1-3H3,(H,17,18);7-8,10H,4-6,9,11H2,1-3H3,(H,16,17). The van der Waals surface area contributed by atoms with Crippen LogP contribution in [-0.2, 0) is 45.9 Å². The first-order chi connectivity index (χ1) is 67.3. The summed E-state index contributed by atoms with van der Waals surface area (Å²) in [6.45, 7) is 45.6. The zero-order chi connectivity index (χ0) is 99.5. The van der Waals surface area contributed by atoms with Crippen LogP contribution in [-0.4, -0.2) is 197 Å². The molecule has 0 unspecified atom stereocenters. The molecular weight excluding hydrogens is 1740 g/mol. The van der Waals surface area contributed by atoms with E-state index in [-0.39, 0.29) is 12.2 Å². The van der Waals surface area contributed by atoms with Crippen molar-refractivity contribution in [1.82, 2.24) is 90.2 Å². The van der Waals surface area contributed by atoms with Crippen LogP contribution in [0, 0.1) is 18.3 Å². The van der Waals surface area contributed by atoms with Gasteiger partial charge in [0.1, 0.15) is 58.4 Å². The summed E-state index contributed by atoms with van der Waals surface area (Å²) in [5, 5.41) is 58.4. The quantitative estimate of drug-likeness (QED) is 0.0237. The molecule has 0 saturated carbocycles. The van der Waals surface area contributed by atoms with Crippen LogP contribution in [0.3, 0.4) is 0 Å². The first-order valence-corrected chi connectivity index (χ1v) is 50.5. The average molecular weight is 1890 g/mol. The minimum Gasteiger partial charge on any atom is -0.494 e. The maximum atomic E-state index is 8.92. The lowest BCUT2D eigenvalue weighted by molar-refractivity contribution is 0.242. The normalized spacial score (nSPS) is 11.4. The summed E-state index contributed by atoms with van der Waals surface area (Å²) < 4.78 is 42.9. The number of unbranched alkanes of at least 4 members (excludes halogenated alkanes) is 6. The van der Waals surface area contributed by atoms with Crippen molar-refractivity contribution in [1.29, 1.82) is 5.26 Å². The topological polar surface area (TPSA) is 269 Å². The van der Waals surface area contributed by atoms with Gasteiger partial charge in [-0.05, 0) is 345 Å². The number of ether oxygens (including phenoxy) is 7. The van der Waals surface area contributed by atoms with E-state index in [1.807, 2.05) is 168 Å². The Morgan fingerprint density at radius 2 is 0.683 bits per heavy atom. The van der Waals surface area contributed by atoms with Gasteiger partial charge in [0.25, 0.3) is 0 Å². The van der Waals surface area contributed by atoms with Crippen molar-refractivity contribution in [2.75, 3.05) is 94.8 Å². The summed E-state index contributed by atoms with van der Waals surface area (Å²) in [4.78, 5) is 14.0. The Balaban J connectivity index is 0.000000173. The highest BCUT2D eigenvalue weighted by Crippen LogP contribution is 2.35. The Kier molecular flexibility index (Phi) is 44.8. The van der Waals surface area contributed by atoms with E-state index in [1.165, 1.54) is 88.1 Å². The molecule has 0 aliphatic heterocycles. The lowest BCUT2D eigenvalue weighted by atomic mass is 10.1. The molecule has 0 fully saturated rings. The van der Waals surface area contributed by atoms with Gasteiger partial charge in [0.2, 0.25) is 0 Å². The third-order valence-electron chi connectivity index (χ3n) is 23.6. The van der Waals surface area contributed by atoms with Crippen LogP contribution < -0.4 is 33.2 Å². The highest BCUT2D eigenvalue weighted by atomic mass is 16.5. The molecule has 0 spiro atoms. The summed E-state index contributed by atoms with van der Waals surface area (Å²) in [6.07, 6.45) is 15.9. The van der Waals surface area contributed by atoms with Crippen LogP contribution in [0.15, 0.2) is 182 Å². The molecule has 26 nitrogen and oxygen atoms in total. The first-order valence-electron chi connectivity index (χ1n) is 50.5. The van der Waals surface area contributed by atoms with Crippen molar-refractivity contribution in [2.24, 2.45) is 0 Å². The number of nitrogens with one attached hydrogen (secondary N) is 5. The van der Waals surface area contributed by atoms with E-state index in [4.69, 9.17) is 43.5 Å². The van der Waals surface area contributed by atoms with Gasteiger partial charge in [-0.25, -0.2) is 0 Å². The second-order valence-electron chi connectivity index (χ2n) is 37.3. The number of aryl methyl sites for hydroxylation is 1. The second-order valence-corrected chi connectivity index (χ2v) is 37.3. The molecule has 6 aromatic heterocycles. The summed E-state index contributed by atoms with van der Waals surface area (Å²) >= 11 is 0. The van der Waals surface area contributed by atoms with E-state index in [1.54, 1.807) is 0 Å². The molecule has 5 N–H and O–H groups in total. The molecule has 15 aromatic rings. The van der Waals surface area contributed by atoms with Crippen molar-refractivity contribution in [3.05, 3.63) is 233 Å². The fraction of sp³-hybridized carbons (Fsp3) is 0.460. The van der Waals surface area contributed by atoms with E-state index in [2.05, 4.69) is 251 Å². The maximum Gasteiger partial charge on any atom is 0.130 e. The molecule has 0 bridgehead atoms. The number of hydrogen-bond donors (Lipinski definition) is 5. The number of nitrogens with zero attached hydrogens (tertiary/aromatic N) is 14. The fourth-order valence-corrected chi connectivity index (χ4v) is 15.9. The van der Waals surface area contributed by atoms with E-state index in [0.717, 1.165) is 243 Å². The van der Waals surface area contributed by atoms with Crippen molar-refractivity contribution < 1.29 is 33.2 Å². The number of rotatable bonds is 47. The van der Waals surface area contributed by atoms with Gasteiger partial charge < -0.3 is 62.6 Å². The highest BCUT2D eigenvalue weighted by molar-refractivity contribution is 5.87. The number of fused-ring (bicyclic) bond motifs is 6. The molecule has 139 heavy (non-hydrogen) atoms. The Labute approximate surface area is 826 Å². The van der Waals surface area contributed by atoms with Gasteiger partial charge in [0.15, 0.2) is 0 Å². The summed E-state index contributed by atoms with van der Waals surface area (Å²) in [5.74, 6) is 7.76. The number of para-hydroxylation sites is 1. The Hall–Kier alpha value is -12.4. The van der Waals surface area contributed by atoms with Crippen LogP contribution in [0.5, 0.6) is 51.7 Å². The number of nitriles is 1. The van der Waals surface area contributed by atoms with Crippen LogP contribution in [0.2, 0.25) is 0 Å². The molecule has 9 aromatic carbocycles. The van der Waals surface area contributed by atoms with Crippen molar-refractivity contribution in [3.8, 4) is 57.8 Å². The highest BCUT2D eigenvalue weighted by Gasteiger charge is 2.20. The number of hydrogen-bond acceptors (Lipinski definition) is 20. The summed E-state index contributed by atoms with van der Waals surface area (Å²) in [5.41, 5.74) is 15.8. The molecule has 746 valence electrons. The van der Waals surface area contributed by atoms with E-state index in [9.17, 15) is 0 Å².